The molecule has 156 valence electrons. The van der Waals surface area contributed by atoms with E-state index in [-0.39, 0.29) is 23.8 Å². The van der Waals surface area contributed by atoms with E-state index in [0.29, 0.717) is 42.8 Å². The van der Waals surface area contributed by atoms with Gasteiger partial charge in [0.05, 0.1) is 24.3 Å². The number of hydrogen-bond acceptors (Lipinski definition) is 6. The van der Waals surface area contributed by atoms with Gasteiger partial charge in [0.25, 0.3) is 5.91 Å². The highest BCUT2D eigenvalue weighted by Crippen LogP contribution is 2.58. The Morgan fingerprint density at radius 3 is 2.93 bits per heavy atom. The molecule has 2 aromatic rings. The number of amides is 2. The van der Waals surface area contributed by atoms with Crippen molar-refractivity contribution in [3.63, 3.8) is 0 Å². The van der Waals surface area contributed by atoms with Crippen molar-refractivity contribution in [2.75, 3.05) is 19.7 Å². The molecule has 2 N–H and O–H groups in total. The summed E-state index contributed by atoms with van der Waals surface area (Å²) in [6.07, 6.45) is 2.42. The van der Waals surface area contributed by atoms with Crippen LogP contribution in [-0.2, 0) is 4.79 Å². The van der Waals surface area contributed by atoms with Gasteiger partial charge in [0.2, 0.25) is 11.8 Å². The molecule has 1 aliphatic carbocycles. The summed E-state index contributed by atoms with van der Waals surface area (Å²) in [5.74, 6) is 0.580. The minimum absolute atomic E-state index is 0.0701. The molecule has 0 bridgehead atoms. The summed E-state index contributed by atoms with van der Waals surface area (Å²) in [5.41, 5.74) is 5.77. The van der Waals surface area contributed by atoms with Crippen LogP contribution in [0.5, 0.6) is 11.6 Å². The minimum atomic E-state index is -0.556. The molecule has 4 rings (SSSR count). The van der Waals surface area contributed by atoms with Crippen LogP contribution in [0.3, 0.4) is 0 Å². The predicted molar refractivity (Wildman–Crippen MR) is 109 cm³/mol. The van der Waals surface area contributed by atoms with Crippen molar-refractivity contribution >= 4 is 22.6 Å². The molecular weight excluding hydrogens is 384 g/mol. The highest BCUT2D eigenvalue weighted by molar-refractivity contribution is 6.01. The number of fused-ring (bicyclic) bond motifs is 2. The van der Waals surface area contributed by atoms with E-state index >= 15 is 0 Å². The van der Waals surface area contributed by atoms with E-state index in [1.807, 2.05) is 19.9 Å². The number of carbonyl (C=O) groups is 2. The molecule has 0 radical (unpaired) electrons. The maximum Gasteiger partial charge on any atom is 0.252 e. The molecule has 0 spiro atoms. The average Bonchev–Trinajstić information content (AvgIpc) is 3.25. The SMILES string of the molecule is CC(C)Oc1cc2c(OC[C@@]34CC3CN(C(=O)CC#N)C4)nccc2cc1C(N)=O. The second-order valence-electron chi connectivity index (χ2n) is 8.38. The van der Waals surface area contributed by atoms with Crippen molar-refractivity contribution in [2.45, 2.75) is 32.8 Å². The van der Waals surface area contributed by atoms with Gasteiger partial charge in [-0.15, -0.1) is 0 Å². The quantitative estimate of drug-likeness (QED) is 0.751. The lowest BCUT2D eigenvalue weighted by atomic mass is 10.1. The Bertz CT molecular complexity index is 1060. The van der Waals surface area contributed by atoms with E-state index in [0.717, 1.165) is 17.2 Å². The third-order valence-corrected chi connectivity index (χ3v) is 5.84. The van der Waals surface area contributed by atoms with Crippen LogP contribution in [0.2, 0.25) is 0 Å². The molecule has 2 heterocycles. The number of aromatic nitrogens is 1. The van der Waals surface area contributed by atoms with Gasteiger partial charge in [-0.3, -0.25) is 9.59 Å². The van der Waals surface area contributed by atoms with Crippen molar-refractivity contribution in [3.05, 3.63) is 30.0 Å². The molecule has 2 atom stereocenters. The van der Waals surface area contributed by atoms with E-state index in [2.05, 4.69) is 4.98 Å². The number of nitriles is 1. The number of nitrogens with zero attached hydrogens (tertiary/aromatic N) is 3. The van der Waals surface area contributed by atoms with Gasteiger partial charge in [-0.05, 0) is 49.8 Å². The average molecular weight is 408 g/mol. The lowest BCUT2D eigenvalue weighted by Gasteiger charge is -2.20. The summed E-state index contributed by atoms with van der Waals surface area (Å²) >= 11 is 0. The number of hydrogen-bond donors (Lipinski definition) is 1. The van der Waals surface area contributed by atoms with E-state index in [1.165, 1.54) is 0 Å². The third kappa shape index (κ3) is 3.63. The molecular formula is C22H24N4O4. The van der Waals surface area contributed by atoms with Crippen LogP contribution < -0.4 is 15.2 Å². The molecule has 1 aliphatic heterocycles. The van der Waals surface area contributed by atoms with E-state index < -0.39 is 5.91 Å². The standard InChI is InChI=1S/C22H24N4O4/c1-13(2)30-18-8-16-14(7-17(18)20(24)28)4-6-25-21(16)29-12-22-9-15(22)10-26(11-22)19(27)3-5-23/h4,6-8,13,15H,3,9-12H2,1-2H3,(H2,24,28)/t15?,22-/m0/s1. The van der Waals surface area contributed by atoms with Crippen molar-refractivity contribution in [3.8, 4) is 17.7 Å². The second kappa shape index (κ2) is 7.48. The van der Waals surface area contributed by atoms with E-state index in [4.69, 9.17) is 20.5 Å². The number of ether oxygens (including phenoxy) is 2. The predicted octanol–water partition coefficient (Wildman–Crippen LogP) is 2.26. The summed E-state index contributed by atoms with van der Waals surface area (Å²) in [6.45, 7) is 5.48. The minimum Gasteiger partial charge on any atom is -0.490 e. The number of piperidine rings is 1. The Kier molecular flexibility index (Phi) is 4.98. The zero-order chi connectivity index (χ0) is 21.5. The van der Waals surface area contributed by atoms with Gasteiger partial charge in [-0.1, -0.05) is 0 Å². The summed E-state index contributed by atoms with van der Waals surface area (Å²) < 4.78 is 11.9. The molecule has 1 aromatic heterocycles. The Labute approximate surface area is 174 Å². The molecule has 30 heavy (non-hydrogen) atoms. The maximum atomic E-state index is 12.0. The number of pyridine rings is 1. The molecule has 8 nitrogen and oxygen atoms in total. The van der Waals surface area contributed by atoms with Crippen molar-refractivity contribution in [1.29, 1.82) is 5.26 Å². The lowest BCUT2D eigenvalue weighted by Crippen LogP contribution is -2.32. The topological polar surface area (TPSA) is 119 Å². The maximum absolute atomic E-state index is 12.0. The normalized spacial score (nSPS) is 21.9. The molecule has 1 aromatic carbocycles. The molecule has 2 fully saturated rings. The smallest absolute Gasteiger partial charge is 0.252 e. The second-order valence-corrected chi connectivity index (χ2v) is 8.38. The van der Waals surface area contributed by atoms with Crippen LogP contribution in [0.15, 0.2) is 24.4 Å². The zero-order valence-corrected chi connectivity index (χ0v) is 17.1. The molecule has 8 heteroatoms. The third-order valence-electron chi connectivity index (χ3n) is 5.84. The monoisotopic (exact) mass is 408 g/mol. The number of benzene rings is 1. The first kappa shape index (κ1) is 20.0. The van der Waals surface area contributed by atoms with Crippen molar-refractivity contribution in [2.24, 2.45) is 17.1 Å². The molecule has 2 aliphatic rings. The van der Waals surface area contributed by atoms with Gasteiger partial charge in [0.15, 0.2) is 0 Å². The molecule has 1 saturated heterocycles. The first-order valence-corrected chi connectivity index (χ1v) is 10.00. The Balaban J connectivity index is 1.56. The van der Waals surface area contributed by atoms with Crippen LogP contribution >= 0.6 is 0 Å². The number of likely N-dealkylation sites (tertiary alicyclic amines) is 1. The molecule has 1 saturated carbocycles. The van der Waals surface area contributed by atoms with Gasteiger partial charge < -0.3 is 20.1 Å². The number of carbonyl (C=O) groups excluding carboxylic acids is 2. The zero-order valence-electron chi connectivity index (χ0n) is 17.1. The van der Waals surface area contributed by atoms with Crippen LogP contribution in [0, 0.1) is 22.7 Å². The van der Waals surface area contributed by atoms with Crippen LogP contribution in [-0.4, -0.2) is 47.5 Å². The first-order chi connectivity index (χ1) is 14.3. The van der Waals surface area contributed by atoms with Gasteiger partial charge in [0, 0.05) is 30.1 Å². The largest absolute Gasteiger partial charge is 0.490 e. The fourth-order valence-electron chi connectivity index (χ4n) is 4.23. The number of nitrogens with two attached hydrogens (primary N) is 1. The van der Waals surface area contributed by atoms with E-state index in [1.54, 1.807) is 29.3 Å². The van der Waals surface area contributed by atoms with Gasteiger partial charge >= 0.3 is 0 Å². The lowest BCUT2D eigenvalue weighted by molar-refractivity contribution is -0.129. The highest BCUT2D eigenvalue weighted by Gasteiger charge is 2.61. The highest BCUT2D eigenvalue weighted by atomic mass is 16.5. The fourth-order valence-corrected chi connectivity index (χ4v) is 4.23. The van der Waals surface area contributed by atoms with E-state index in [9.17, 15) is 9.59 Å². The van der Waals surface area contributed by atoms with Crippen molar-refractivity contribution in [1.82, 2.24) is 9.88 Å². The Morgan fingerprint density at radius 2 is 2.23 bits per heavy atom. The van der Waals surface area contributed by atoms with Gasteiger partial charge in [-0.2, -0.15) is 5.26 Å². The summed E-state index contributed by atoms with van der Waals surface area (Å²) in [5, 5.41) is 10.3. The number of rotatable bonds is 7. The van der Waals surface area contributed by atoms with Crippen LogP contribution in [0.1, 0.15) is 37.0 Å². The fraction of sp³-hybridized carbons (Fsp3) is 0.455. The van der Waals surface area contributed by atoms with Gasteiger partial charge in [-0.25, -0.2) is 4.98 Å². The van der Waals surface area contributed by atoms with Gasteiger partial charge in [0.1, 0.15) is 12.2 Å². The van der Waals surface area contributed by atoms with Crippen molar-refractivity contribution < 1.29 is 19.1 Å². The summed E-state index contributed by atoms with van der Waals surface area (Å²) in [7, 11) is 0. The number of primary amides is 1. The Hall–Kier alpha value is -3.34. The molecule has 1 unspecified atom stereocenters. The molecule has 2 amide bonds. The first-order valence-electron chi connectivity index (χ1n) is 10.00. The van der Waals surface area contributed by atoms with Crippen LogP contribution in [0.25, 0.3) is 10.8 Å². The summed E-state index contributed by atoms with van der Waals surface area (Å²) in [4.78, 5) is 30.0. The summed E-state index contributed by atoms with van der Waals surface area (Å²) in [6, 6.07) is 7.16. The Morgan fingerprint density at radius 1 is 1.43 bits per heavy atom. The van der Waals surface area contributed by atoms with Crippen LogP contribution in [0.4, 0.5) is 0 Å².